The fourth-order valence-corrected chi connectivity index (χ4v) is 4.67. The highest BCUT2D eigenvalue weighted by atomic mass is 35.5. The van der Waals surface area contributed by atoms with E-state index in [4.69, 9.17) is 11.6 Å². The van der Waals surface area contributed by atoms with Gasteiger partial charge in [-0.25, -0.2) is 4.98 Å². The first-order chi connectivity index (χ1) is 11.5. The molecule has 0 saturated heterocycles. The van der Waals surface area contributed by atoms with Crippen LogP contribution in [-0.4, -0.2) is 14.1 Å². The van der Waals surface area contributed by atoms with Crippen LogP contribution in [0.2, 0.25) is 5.02 Å². The number of hydrogen-bond acceptors (Lipinski definition) is 2. The molecular formula is C19H19ClN2OS. The summed E-state index contributed by atoms with van der Waals surface area (Å²) in [6, 6.07) is 17.3. The molecule has 2 unspecified atom stereocenters. The van der Waals surface area contributed by atoms with Crippen molar-refractivity contribution in [2.75, 3.05) is 0 Å². The van der Waals surface area contributed by atoms with Crippen molar-refractivity contribution in [1.82, 2.24) is 9.55 Å². The summed E-state index contributed by atoms with van der Waals surface area (Å²) in [5.41, 5.74) is 0.776. The second-order valence-corrected chi connectivity index (χ2v) is 8.15. The Morgan fingerprint density at radius 2 is 1.75 bits per heavy atom. The summed E-state index contributed by atoms with van der Waals surface area (Å²) in [5.74, 6) is 0. The minimum absolute atomic E-state index is 0.288. The standard InChI is InChI=1S/C19H19ClN2OS/c1-19(2,15-6-4-3-5-7-15)18(22-13-12-21-14-22)24(23)17-10-8-16(20)9-11-17/h3-14,18H,1-2H3. The van der Waals surface area contributed by atoms with Crippen LogP contribution >= 0.6 is 11.6 Å². The van der Waals surface area contributed by atoms with E-state index < -0.39 is 11.2 Å². The number of nitrogens with zero attached hydrogens (tertiary/aromatic N) is 2. The van der Waals surface area contributed by atoms with Gasteiger partial charge in [0.05, 0.1) is 11.7 Å². The van der Waals surface area contributed by atoms with Gasteiger partial charge >= 0.3 is 0 Å². The summed E-state index contributed by atoms with van der Waals surface area (Å²) in [7, 11) is 0. The highest BCUT2D eigenvalue weighted by molar-refractivity contribution is 7.91. The number of hydrogen-bond donors (Lipinski definition) is 0. The first-order valence-corrected chi connectivity index (χ1v) is 9.28. The molecule has 0 spiro atoms. The van der Waals surface area contributed by atoms with E-state index in [1.165, 1.54) is 0 Å². The van der Waals surface area contributed by atoms with Crippen molar-refractivity contribution in [3.8, 4) is 0 Å². The fraction of sp³-hybridized carbons (Fsp3) is 0.211. The van der Waals surface area contributed by atoms with Gasteiger partial charge in [-0.1, -0.05) is 41.9 Å². The van der Waals surface area contributed by atoms with Crippen molar-refractivity contribution in [3.05, 3.63) is 83.9 Å². The molecule has 0 saturated carbocycles. The molecule has 0 radical (unpaired) electrons. The molecule has 0 N–H and O–H groups in total. The third-order valence-electron chi connectivity index (χ3n) is 4.18. The lowest BCUT2D eigenvalue weighted by atomic mass is 9.84. The third kappa shape index (κ3) is 3.36. The van der Waals surface area contributed by atoms with E-state index in [0.29, 0.717) is 5.02 Å². The molecule has 3 nitrogen and oxygen atoms in total. The largest absolute Gasteiger partial charge is 0.610 e. The molecule has 5 heteroatoms. The predicted octanol–water partition coefficient (Wildman–Crippen LogP) is 4.82. The first-order valence-electron chi connectivity index (χ1n) is 7.69. The van der Waals surface area contributed by atoms with Crippen LogP contribution < -0.4 is 0 Å². The van der Waals surface area contributed by atoms with Gasteiger partial charge in [-0.05, 0) is 43.7 Å². The maximum atomic E-state index is 13.4. The highest BCUT2D eigenvalue weighted by Crippen LogP contribution is 2.41. The van der Waals surface area contributed by atoms with Crippen LogP contribution in [0.3, 0.4) is 0 Å². The monoisotopic (exact) mass is 358 g/mol. The zero-order chi connectivity index (χ0) is 17.2. The van der Waals surface area contributed by atoms with Crippen molar-refractivity contribution in [3.63, 3.8) is 0 Å². The summed E-state index contributed by atoms with van der Waals surface area (Å²) >= 11 is 4.70. The van der Waals surface area contributed by atoms with Gasteiger partial charge in [0.2, 0.25) is 5.37 Å². The average Bonchev–Trinajstić information content (AvgIpc) is 3.10. The van der Waals surface area contributed by atoms with Crippen LogP contribution in [0.4, 0.5) is 0 Å². The first kappa shape index (κ1) is 17.1. The maximum absolute atomic E-state index is 13.4. The van der Waals surface area contributed by atoms with Gasteiger partial charge in [0, 0.05) is 28.6 Å². The third-order valence-corrected chi connectivity index (χ3v) is 6.41. The molecule has 3 aromatic rings. The van der Waals surface area contributed by atoms with Crippen molar-refractivity contribution in [2.24, 2.45) is 0 Å². The molecule has 1 heterocycles. The molecule has 0 fully saturated rings. The predicted molar refractivity (Wildman–Crippen MR) is 98.6 cm³/mol. The van der Waals surface area contributed by atoms with Crippen LogP contribution in [0.5, 0.6) is 0 Å². The van der Waals surface area contributed by atoms with Crippen LogP contribution in [0.1, 0.15) is 24.8 Å². The molecular weight excluding hydrogens is 340 g/mol. The zero-order valence-electron chi connectivity index (χ0n) is 13.6. The Balaban J connectivity index is 2.06. The second kappa shape index (κ2) is 7.01. The fourth-order valence-electron chi connectivity index (χ4n) is 2.87. The molecule has 2 atom stereocenters. The second-order valence-electron chi connectivity index (χ2n) is 6.20. The zero-order valence-corrected chi connectivity index (χ0v) is 15.2. The van der Waals surface area contributed by atoms with Crippen LogP contribution in [0, 0.1) is 0 Å². The van der Waals surface area contributed by atoms with Gasteiger partial charge < -0.3 is 4.55 Å². The normalized spacial score (nSPS) is 14.3. The topological polar surface area (TPSA) is 40.9 Å². The SMILES string of the molecule is CC(C)(c1ccccc1)C(n1ccnc1)[S+]([O-])c1ccc(Cl)cc1. The maximum Gasteiger partial charge on any atom is 0.207 e. The van der Waals surface area contributed by atoms with E-state index in [0.717, 1.165) is 10.5 Å². The molecule has 124 valence electrons. The van der Waals surface area contributed by atoms with E-state index >= 15 is 0 Å². The Morgan fingerprint density at radius 3 is 2.33 bits per heavy atom. The molecule has 24 heavy (non-hydrogen) atoms. The Hall–Kier alpha value is -1.75. The summed E-state index contributed by atoms with van der Waals surface area (Å²) in [6.07, 6.45) is 5.31. The Labute approximate surface area is 150 Å². The molecule has 0 aliphatic heterocycles. The van der Waals surface area contributed by atoms with E-state index in [1.54, 1.807) is 24.7 Å². The van der Waals surface area contributed by atoms with Crippen LogP contribution in [-0.2, 0) is 16.6 Å². The lowest BCUT2D eigenvalue weighted by molar-refractivity contribution is 0.394. The Bertz CT molecular complexity index is 773. The summed E-state index contributed by atoms with van der Waals surface area (Å²) in [5, 5.41) is 0.348. The van der Waals surface area contributed by atoms with Gasteiger partial charge in [-0.2, -0.15) is 0 Å². The van der Waals surface area contributed by atoms with Gasteiger partial charge in [0.1, 0.15) is 0 Å². The number of benzene rings is 2. The van der Waals surface area contributed by atoms with E-state index in [2.05, 4.69) is 31.0 Å². The molecule has 0 amide bonds. The van der Waals surface area contributed by atoms with E-state index in [9.17, 15) is 4.55 Å². The van der Waals surface area contributed by atoms with Gasteiger partial charge in [-0.3, -0.25) is 4.57 Å². The summed E-state index contributed by atoms with van der Waals surface area (Å²) in [6.45, 7) is 4.22. The molecule has 0 aliphatic carbocycles. The van der Waals surface area contributed by atoms with Crippen LogP contribution in [0.25, 0.3) is 0 Å². The number of rotatable bonds is 5. The van der Waals surface area contributed by atoms with E-state index in [1.807, 2.05) is 41.1 Å². The average molecular weight is 359 g/mol. The molecule has 3 rings (SSSR count). The van der Waals surface area contributed by atoms with Gasteiger partial charge in [-0.15, -0.1) is 0 Å². The van der Waals surface area contributed by atoms with Crippen molar-refractivity contribution < 1.29 is 4.55 Å². The van der Waals surface area contributed by atoms with Gasteiger partial charge in [0.15, 0.2) is 4.90 Å². The van der Waals surface area contributed by atoms with Crippen molar-refractivity contribution in [1.29, 1.82) is 0 Å². The van der Waals surface area contributed by atoms with Crippen molar-refractivity contribution in [2.45, 2.75) is 29.5 Å². The smallest absolute Gasteiger partial charge is 0.207 e. The summed E-state index contributed by atoms with van der Waals surface area (Å²) in [4.78, 5) is 4.90. The lowest BCUT2D eigenvalue weighted by Crippen LogP contribution is -2.36. The molecule has 0 aliphatic rings. The molecule has 2 aromatic carbocycles. The molecule has 1 aromatic heterocycles. The van der Waals surface area contributed by atoms with Crippen LogP contribution in [0.15, 0.2) is 78.2 Å². The Kier molecular flexibility index (Phi) is 4.99. The number of imidazole rings is 1. The Morgan fingerprint density at radius 1 is 1.08 bits per heavy atom. The number of halogens is 1. The van der Waals surface area contributed by atoms with Crippen molar-refractivity contribution >= 4 is 22.8 Å². The minimum Gasteiger partial charge on any atom is -0.610 e. The quantitative estimate of drug-likeness (QED) is 0.613. The number of aromatic nitrogens is 2. The molecule has 0 bridgehead atoms. The highest BCUT2D eigenvalue weighted by Gasteiger charge is 2.42. The summed E-state index contributed by atoms with van der Waals surface area (Å²) < 4.78 is 15.3. The van der Waals surface area contributed by atoms with Gasteiger partial charge in [0.25, 0.3) is 0 Å². The van der Waals surface area contributed by atoms with E-state index in [-0.39, 0.29) is 10.8 Å². The minimum atomic E-state index is -1.26. The lowest BCUT2D eigenvalue weighted by Gasteiger charge is -2.35.